The van der Waals surface area contributed by atoms with Gasteiger partial charge in [-0.25, -0.2) is 10.1 Å². The van der Waals surface area contributed by atoms with Crippen LogP contribution in [0.2, 0.25) is 0 Å². The Balaban J connectivity index is 1.11. The normalized spacial score (nSPS) is 18.2. The summed E-state index contributed by atoms with van der Waals surface area (Å²) in [6.45, 7) is 3.35. The number of carbonyl (C=O) groups is 2. The summed E-state index contributed by atoms with van der Waals surface area (Å²) in [6, 6.07) is 9.03. The van der Waals surface area contributed by atoms with E-state index in [2.05, 4.69) is 25.6 Å². The molecule has 198 valence electrons. The Labute approximate surface area is 223 Å². The van der Waals surface area contributed by atoms with Gasteiger partial charge in [-0.2, -0.15) is 0 Å². The zero-order valence-electron chi connectivity index (χ0n) is 21.5. The molecular formula is C28H27N7O4. The summed E-state index contributed by atoms with van der Waals surface area (Å²) in [5.74, 6) is 1.96. The Hall–Kier alpha value is -4.41. The summed E-state index contributed by atoms with van der Waals surface area (Å²) < 4.78 is 12.3. The Bertz CT molecular complexity index is 1590. The zero-order valence-corrected chi connectivity index (χ0v) is 21.5. The second kappa shape index (κ2) is 9.11. The molecule has 2 fully saturated rings. The molecule has 1 saturated heterocycles. The van der Waals surface area contributed by atoms with Gasteiger partial charge in [0.2, 0.25) is 0 Å². The molecule has 2 aliphatic heterocycles. The molecule has 11 nitrogen and oxygen atoms in total. The van der Waals surface area contributed by atoms with E-state index in [1.807, 2.05) is 19.1 Å². The lowest BCUT2D eigenvalue weighted by molar-refractivity contribution is -0.00584. The highest BCUT2D eigenvalue weighted by Crippen LogP contribution is 2.43. The van der Waals surface area contributed by atoms with E-state index in [9.17, 15) is 9.59 Å². The van der Waals surface area contributed by atoms with E-state index in [1.54, 1.807) is 29.3 Å². The first-order valence-electron chi connectivity index (χ1n) is 13.4. The van der Waals surface area contributed by atoms with Crippen molar-refractivity contribution in [3.05, 3.63) is 53.5 Å². The largest absolute Gasteiger partial charge is 0.493 e. The van der Waals surface area contributed by atoms with Gasteiger partial charge in [-0.05, 0) is 54.5 Å². The number of H-pyrrole nitrogens is 1. The van der Waals surface area contributed by atoms with Crippen LogP contribution in [0.4, 0.5) is 0 Å². The maximum absolute atomic E-state index is 13.6. The number of tetrazole rings is 1. The number of ketones is 1. The van der Waals surface area contributed by atoms with Gasteiger partial charge < -0.3 is 14.4 Å². The standard InChI is InChI=1S/C28H27N7O4/c1-2-38-23-14-20(30-25-18(23)7-10-29-24(25)16-3-4-16)27(37)35-11-8-28(9-12-35)15-21(36)19-13-17(5-6-22(19)39-28)26-31-33-34-32-26/h5-7,10,13-14,16H,2-4,8-9,11-12,15H2,1H3,(H,31,32,33,34). The van der Waals surface area contributed by atoms with Crippen LogP contribution in [0.3, 0.4) is 0 Å². The van der Waals surface area contributed by atoms with Crippen molar-refractivity contribution < 1.29 is 19.1 Å². The van der Waals surface area contributed by atoms with Crippen molar-refractivity contribution in [1.29, 1.82) is 0 Å². The number of rotatable bonds is 5. The maximum atomic E-state index is 13.6. The van der Waals surface area contributed by atoms with Crippen molar-refractivity contribution in [2.45, 2.75) is 50.5 Å². The molecular weight excluding hydrogens is 498 g/mol. The lowest BCUT2D eigenvalue weighted by atomic mass is 9.82. The zero-order chi connectivity index (χ0) is 26.6. The predicted molar refractivity (Wildman–Crippen MR) is 140 cm³/mol. The predicted octanol–water partition coefficient (Wildman–Crippen LogP) is 3.73. The van der Waals surface area contributed by atoms with Gasteiger partial charge in [0.15, 0.2) is 11.6 Å². The number of benzene rings is 1. The number of fused-ring (bicyclic) bond motifs is 2. The third-order valence-corrected chi connectivity index (χ3v) is 7.87. The molecule has 1 aliphatic carbocycles. The first-order chi connectivity index (χ1) is 19.0. The number of likely N-dealkylation sites (tertiary alicyclic amines) is 1. The topological polar surface area (TPSA) is 136 Å². The monoisotopic (exact) mass is 525 g/mol. The van der Waals surface area contributed by atoms with Gasteiger partial charge in [0.25, 0.3) is 5.91 Å². The van der Waals surface area contributed by atoms with Crippen molar-refractivity contribution in [3.8, 4) is 22.9 Å². The highest BCUT2D eigenvalue weighted by atomic mass is 16.5. The van der Waals surface area contributed by atoms with E-state index in [0.717, 1.165) is 35.0 Å². The summed E-state index contributed by atoms with van der Waals surface area (Å²) in [7, 11) is 0. The molecule has 0 atom stereocenters. The number of nitrogens with zero attached hydrogens (tertiary/aromatic N) is 6. The Morgan fingerprint density at radius 3 is 2.79 bits per heavy atom. The Morgan fingerprint density at radius 2 is 2.05 bits per heavy atom. The number of aromatic nitrogens is 6. The van der Waals surface area contributed by atoms with Crippen LogP contribution in [0.5, 0.6) is 11.5 Å². The van der Waals surface area contributed by atoms with Crippen LogP contribution in [0.1, 0.15) is 71.5 Å². The second-order valence-corrected chi connectivity index (χ2v) is 10.4. The van der Waals surface area contributed by atoms with Crippen LogP contribution in [0.25, 0.3) is 22.3 Å². The van der Waals surface area contributed by atoms with E-state index in [-0.39, 0.29) is 18.1 Å². The molecule has 0 unspecified atom stereocenters. The van der Waals surface area contributed by atoms with Crippen LogP contribution in [-0.4, -0.2) is 72.5 Å². The maximum Gasteiger partial charge on any atom is 0.272 e. The SMILES string of the molecule is CCOc1cc(C(=O)N2CCC3(CC2)CC(=O)c2cc(-c4nnn[nH]4)ccc2O3)nc2c(C3CC3)nccc12. The third kappa shape index (κ3) is 4.18. The van der Waals surface area contributed by atoms with Crippen molar-refractivity contribution in [1.82, 2.24) is 35.5 Å². The molecule has 0 radical (unpaired) electrons. The molecule has 1 N–H and O–H groups in total. The van der Waals surface area contributed by atoms with Crippen LogP contribution >= 0.6 is 0 Å². The van der Waals surface area contributed by atoms with Crippen molar-refractivity contribution in [2.24, 2.45) is 0 Å². The molecule has 0 bridgehead atoms. The molecule has 1 amide bonds. The molecule has 3 aromatic heterocycles. The smallest absolute Gasteiger partial charge is 0.272 e. The van der Waals surface area contributed by atoms with Gasteiger partial charge in [0, 0.05) is 55.1 Å². The number of hydrogen-bond acceptors (Lipinski definition) is 9. The van der Waals surface area contributed by atoms with Gasteiger partial charge in [0.05, 0.1) is 29.8 Å². The van der Waals surface area contributed by atoms with Crippen LogP contribution in [0, 0.1) is 0 Å². The first kappa shape index (κ1) is 23.7. The van der Waals surface area contributed by atoms with Gasteiger partial charge in [0.1, 0.15) is 22.8 Å². The minimum atomic E-state index is -0.632. The van der Waals surface area contributed by atoms with Crippen LogP contribution in [-0.2, 0) is 0 Å². The minimum absolute atomic E-state index is 0.0167. The first-order valence-corrected chi connectivity index (χ1v) is 13.4. The van der Waals surface area contributed by atoms with Gasteiger partial charge in [-0.3, -0.25) is 14.6 Å². The highest BCUT2D eigenvalue weighted by molar-refractivity contribution is 6.01. The van der Waals surface area contributed by atoms with Crippen molar-refractivity contribution in [3.63, 3.8) is 0 Å². The molecule has 5 heterocycles. The summed E-state index contributed by atoms with van der Waals surface area (Å²) in [5, 5.41) is 14.7. The molecule has 7 rings (SSSR count). The summed E-state index contributed by atoms with van der Waals surface area (Å²) in [5.41, 5.74) is 2.67. The number of ether oxygens (including phenoxy) is 2. The summed E-state index contributed by atoms with van der Waals surface area (Å²) >= 11 is 0. The van der Waals surface area contributed by atoms with Crippen LogP contribution < -0.4 is 9.47 Å². The fourth-order valence-corrected chi connectivity index (χ4v) is 5.66. The molecule has 39 heavy (non-hydrogen) atoms. The highest BCUT2D eigenvalue weighted by Gasteiger charge is 2.44. The number of pyridine rings is 2. The van der Waals surface area contributed by atoms with Gasteiger partial charge >= 0.3 is 0 Å². The fraction of sp³-hybridized carbons (Fsp3) is 0.393. The van der Waals surface area contributed by atoms with Gasteiger partial charge in [-0.1, -0.05) is 0 Å². The van der Waals surface area contributed by atoms with Crippen LogP contribution in [0.15, 0.2) is 36.5 Å². The molecule has 3 aliphatic rings. The molecule has 11 heteroatoms. The van der Waals surface area contributed by atoms with E-state index >= 15 is 0 Å². The van der Waals surface area contributed by atoms with E-state index < -0.39 is 5.60 Å². The quantitative estimate of drug-likeness (QED) is 0.413. The van der Waals surface area contributed by atoms with Crippen molar-refractivity contribution >= 4 is 22.6 Å². The molecule has 1 spiro atoms. The number of piperidine rings is 1. The number of Topliss-reactive ketones (excluding diaryl/α,β-unsaturated/α-hetero) is 1. The summed E-state index contributed by atoms with van der Waals surface area (Å²) in [4.78, 5) is 38.0. The minimum Gasteiger partial charge on any atom is -0.493 e. The third-order valence-electron chi connectivity index (χ3n) is 7.87. The van der Waals surface area contributed by atoms with E-state index in [4.69, 9.17) is 14.5 Å². The second-order valence-electron chi connectivity index (χ2n) is 10.4. The molecule has 4 aromatic rings. The average Bonchev–Trinajstić information content (AvgIpc) is 3.65. The lowest BCUT2D eigenvalue weighted by Gasteiger charge is -2.43. The summed E-state index contributed by atoms with van der Waals surface area (Å²) in [6.07, 6.45) is 5.34. The average molecular weight is 526 g/mol. The van der Waals surface area contributed by atoms with E-state index in [0.29, 0.717) is 67.0 Å². The number of amides is 1. The molecule has 1 saturated carbocycles. The van der Waals surface area contributed by atoms with E-state index in [1.165, 1.54) is 0 Å². The van der Waals surface area contributed by atoms with Gasteiger partial charge in [-0.15, -0.1) is 5.10 Å². The number of nitrogens with one attached hydrogen (secondary N) is 1. The number of hydrogen-bond donors (Lipinski definition) is 1. The number of aromatic amines is 1. The Morgan fingerprint density at radius 1 is 1.21 bits per heavy atom. The lowest BCUT2D eigenvalue weighted by Crippen LogP contribution is -2.52. The fourth-order valence-electron chi connectivity index (χ4n) is 5.66. The van der Waals surface area contributed by atoms with Crippen molar-refractivity contribution in [2.75, 3.05) is 19.7 Å². The number of carbonyl (C=O) groups excluding carboxylic acids is 2. The Kier molecular flexibility index (Phi) is 5.53. The molecule has 1 aromatic carbocycles.